The van der Waals surface area contributed by atoms with Gasteiger partial charge in [0.2, 0.25) is 0 Å². The maximum atomic E-state index is 12.2. The predicted molar refractivity (Wildman–Crippen MR) is 92.9 cm³/mol. The van der Waals surface area contributed by atoms with Crippen LogP contribution < -0.4 is 5.32 Å². The number of esters is 1. The van der Waals surface area contributed by atoms with Crippen molar-refractivity contribution < 1.29 is 18.7 Å². The van der Waals surface area contributed by atoms with Gasteiger partial charge in [-0.25, -0.2) is 0 Å². The topological polar surface area (TPSA) is 68.5 Å². The zero-order valence-electron chi connectivity index (χ0n) is 13.8. The molecule has 0 unspecified atom stereocenters. The van der Waals surface area contributed by atoms with Crippen LogP contribution in [0.15, 0.2) is 52.0 Å². The molecule has 0 atom stereocenters. The van der Waals surface area contributed by atoms with Gasteiger partial charge in [0.1, 0.15) is 0 Å². The largest absolute Gasteiger partial charge is 0.463 e. The van der Waals surface area contributed by atoms with Crippen molar-refractivity contribution in [2.24, 2.45) is 0 Å². The van der Waals surface area contributed by atoms with Crippen LogP contribution in [0.25, 0.3) is 0 Å². The van der Waals surface area contributed by atoms with Gasteiger partial charge in [0.15, 0.2) is 5.76 Å². The van der Waals surface area contributed by atoms with Gasteiger partial charge in [-0.3, -0.25) is 9.59 Å². The number of carbonyl (C=O) groups excluding carboxylic acids is 2. The minimum Gasteiger partial charge on any atom is -0.463 e. The van der Waals surface area contributed by atoms with E-state index in [1.807, 2.05) is 30.3 Å². The number of nitrogens with one attached hydrogen (secondary N) is 1. The molecule has 1 N–H and O–H groups in total. The Morgan fingerprint density at radius 1 is 1.21 bits per heavy atom. The van der Waals surface area contributed by atoms with Crippen LogP contribution in [-0.2, 0) is 15.3 Å². The molecule has 0 saturated carbocycles. The second-order valence-corrected chi connectivity index (χ2v) is 6.47. The summed E-state index contributed by atoms with van der Waals surface area (Å²) in [6.07, 6.45) is 1.49. The number of benzene rings is 1. The molecule has 0 spiro atoms. The van der Waals surface area contributed by atoms with Crippen LogP contribution in [0.2, 0.25) is 0 Å². The highest BCUT2D eigenvalue weighted by molar-refractivity contribution is 7.98. The van der Waals surface area contributed by atoms with Crippen LogP contribution in [0.3, 0.4) is 0 Å². The lowest BCUT2D eigenvalue weighted by Gasteiger charge is -2.08. The van der Waals surface area contributed by atoms with Crippen molar-refractivity contribution in [3.8, 4) is 0 Å². The Morgan fingerprint density at radius 3 is 2.67 bits per heavy atom. The van der Waals surface area contributed by atoms with Crippen molar-refractivity contribution in [1.29, 1.82) is 0 Å². The van der Waals surface area contributed by atoms with E-state index < -0.39 is 0 Å². The zero-order valence-corrected chi connectivity index (χ0v) is 14.6. The zero-order chi connectivity index (χ0) is 17.4. The molecule has 2 rings (SSSR count). The monoisotopic (exact) mass is 347 g/mol. The molecule has 1 heterocycles. The first kappa shape index (κ1) is 18.1. The third kappa shape index (κ3) is 5.77. The summed E-state index contributed by atoms with van der Waals surface area (Å²) in [4.78, 5) is 24.7. The molecule has 0 aliphatic carbocycles. The van der Waals surface area contributed by atoms with E-state index >= 15 is 0 Å². The predicted octanol–water partition coefficient (Wildman–Crippen LogP) is 3.64. The molecule has 128 valence electrons. The molecule has 5 nitrogen and oxygen atoms in total. The smallest absolute Gasteiger partial charge is 0.307 e. The van der Waals surface area contributed by atoms with Crippen molar-refractivity contribution in [2.45, 2.75) is 37.0 Å². The van der Waals surface area contributed by atoms with Gasteiger partial charge in [0.05, 0.1) is 18.8 Å². The number of hydrogen-bond acceptors (Lipinski definition) is 5. The van der Waals surface area contributed by atoms with Gasteiger partial charge in [0, 0.05) is 22.8 Å². The number of carbonyl (C=O) groups is 2. The summed E-state index contributed by atoms with van der Waals surface area (Å²) in [6, 6.07) is 11.7. The van der Waals surface area contributed by atoms with Crippen LogP contribution in [0.5, 0.6) is 0 Å². The average Bonchev–Trinajstić information content (AvgIpc) is 3.01. The summed E-state index contributed by atoms with van der Waals surface area (Å²) in [7, 11) is 0. The third-order valence-electron chi connectivity index (χ3n) is 3.07. The summed E-state index contributed by atoms with van der Waals surface area (Å²) in [6.45, 7) is 3.79. The first-order valence-corrected chi connectivity index (χ1v) is 8.76. The Morgan fingerprint density at radius 2 is 1.96 bits per heavy atom. The van der Waals surface area contributed by atoms with Crippen LogP contribution in [0, 0.1) is 0 Å². The van der Waals surface area contributed by atoms with Gasteiger partial charge in [-0.15, -0.1) is 11.8 Å². The van der Waals surface area contributed by atoms with Gasteiger partial charge in [-0.2, -0.15) is 0 Å². The van der Waals surface area contributed by atoms with E-state index in [4.69, 9.17) is 9.15 Å². The average molecular weight is 347 g/mol. The lowest BCUT2D eigenvalue weighted by atomic mass is 10.2. The van der Waals surface area contributed by atoms with E-state index in [2.05, 4.69) is 5.32 Å². The molecule has 0 saturated heterocycles. The van der Waals surface area contributed by atoms with E-state index in [-0.39, 0.29) is 36.7 Å². The lowest BCUT2D eigenvalue weighted by molar-refractivity contribution is -0.147. The fraction of sp³-hybridized carbons (Fsp3) is 0.333. The summed E-state index contributed by atoms with van der Waals surface area (Å²) in [5, 5.41) is 2.69. The van der Waals surface area contributed by atoms with Crippen molar-refractivity contribution in [1.82, 2.24) is 5.32 Å². The van der Waals surface area contributed by atoms with Gasteiger partial charge in [-0.1, -0.05) is 18.2 Å². The Kier molecular flexibility index (Phi) is 6.93. The highest BCUT2D eigenvalue weighted by atomic mass is 32.2. The molecule has 0 aliphatic heterocycles. The maximum Gasteiger partial charge on any atom is 0.307 e. The van der Waals surface area contributed by atoms with E-state index in [0.717, 1.165) is 10.5 Å². The molecule has 1 aromatic heterocycles. The highest BCUT2D eigenvalue weighted by Gasteiger charge is 2.16. The number of furan rings is 1. The first-order valence-electron chi connectivity index (χ1n) is 7.78. The van der Waals surface area contributed by atoms with Crippen LogP contribution in [0.4, 0.5) is 0 Å². The number of ether oxygens (including phenoxy) is 1. The fourth-order valence-electron chi connectivity index (χ4n) is 2.01. The minimum atomic E-state index is -0.329. The Hall–Kier alpha value is -2.21. The van der Waals surface area contributed by atoms with E-state index in [1.165, 1.54) is 6.26 Å². The van der Waals surface area contributed by atoms with E-state index in [9.17, 15) is 9.59 Å². The number of thioether (sulfide) groups is 1. The number of hydrogen-bond donors (Lipinski definition) is 1. The molecular formula is C18H21NO4S. The second-order valence-electron chi connectivity index (χ2n) is 5.42. The number of rotatable bonds is 8. The molecule has 0 bridgehead atoms. The Bertz CT molecular complexity index is 667. The third-order valence-corrected chi connectivity index (χ3v) is 4.13. The van der Waals surface area contributed by atoms with Gasteiger partial charge in [-0.05, 0) is 32.0 Å². The molecule has 1 aromatic carbocycles. The number of amides is 1. The minimum absolute atomic E-state index is 0.138. The quantitative estimate of drug-likeness (QED) is 0.583. The molecular weight excluding hydrogens is 326 g/mol. The summed E-state index contributed by atoms with van der Waals surface area (Å²) in [5.74, 6) is 0.278. The normalized spacial score (nSPS) is 10.6. The van der Waals surface area contributed by atoms with Crippen LogP contribution in [-0.4, -0.2) is 24.5 Å². The SMILES string of the molecule is CC(C)OC(=O)CCNC(=O)c1occc1CSc1ccccc1. The molecule has 2 aromatic rings. The summed E-state index contributed by atoms with van der Waals surface area (Å²) < 4.78 is 10.3. The second kappa shape index (κ2) is 9.17. The van der Waals surface area contributed by atoms with E-state index in [0.29, 0.717) is 5.75 Å². The fourth-order valence-corrected chi connectivity index (χ4v) is 2.91. The van der Waals surface area contributed by atoms with Crippen molar-refractivity contribution >= 4 is 23.6 Å². The van der Waals surface area contributed by atoms with Crippen molar-refractivity contribution in [3.05, 3.63) is 54.0 Å². The molecule has 1 amide bonds. The van der Waals surface area contributed by atoms with Crippen molar-refractivity contribution in [3.63, 3.8) is 0 Å². The van der Waals surface area contributed by atoms with Crippen LogP contribution in [0.1, 0.15) is 36.4 Å². The van der Waals surface area contributed by atoms with Crippen LogP contribution >= 0.6 is 11.8 Å². The van der Waals surface area contributed by atoms with Gasteiger partial charge in [0.25, 0.3) is 5.91 Å². The summed E-state index contributed by atoms with van der Waals surface area (Å²) >= 11 is 1.63. The maximum absolute atomic E-state index is 12.2. The highest BCUT2D eigenvalue weighted by Crippen LogP contribution is 2.24. The summed E-state index contributed by atoms with van der Waals surface area (Å²) in [5.41, 5.74) is 0.825. The molecule has 6 heteroatoms. The molecule has 24 heavy (non-hydrogen) atoms. The molecule has 0 radical (unpaired) electrons. The first-order chi connectivity index (χ1) is 11.6. The van der Waals surface area contributed by atoms with Gasteiger partial charge < -0.3 is 14.5 Å². The Labute approximate surface area is 145 Å². The standard InChI is InChI=1S/C18H21NO4S/c1-13(2)23-16(20)8-10-19-18(21)17-14(9-11-22-17)12-24-15-6-4-3-5-7-15/h3-7,9,11,13H,8,10,12H2,1-2H3,(H,19,21). The lowest BCUT2D eigenvalue weighted by Crippen LogP contribution is -2.27. The molecule has 0 fully saturated rings. The van der Waals surface area contributed by atoms with E-state index in [1.54, 1.807) is 31.7 Å². The molecule has 0 aliphatic rings. The van der Waals surface area contributed by atoms with Gasteiger partial charge >= 0.3 is 5.97 Å². The van der Waals surface area contributed by atoms with Crippen molar-refractivity contribution in [2.75, 3.05) is 6.54 Å². The Balaban J connectivity index is 1.83.